The average Bonchev–Trinajstić information content (AvgIpc) is 3.58. The summed E-state index contributed by atoms with van der Waals surface area (Å²) in [5.74, 6) is 1.63. The van der Waals surface area contributed by atoms with Crippen molar-refractivity contribution in [1.29, 1.82) is 5.26 Å². The van der Waals surface area contributed by atoms with Gasteiger partial charge in [-0.2, -0.15) is 5.26 Å². The van der Waals surface area contributed by atoms with E-state index in [9.17, 15) is 10.1 Å². The van der Waals surface area contributed by atoms with E-state index in [0.29, 0.717) is 39.5 Å². The third-order valence-electron chi connectivity index (χ3n) is 5.85. The van der Waals surface area contributed by atoms with Crippen molar-refractivity contribution in [2.24, 2.45) is 4.99 Å². The highest BCUT2D eigenvalue weighted by molar-refractivity contribution is 8.18. The summed E-state index contributed by atoms with van der Waals surface area (Å²) in [5, 5.41) is 9.93. The number of amidine groups is 1. The Kier molecular flexibility index (Phi) is 8.10. The van der Waals surface area contributed by atoms with E-state index in [1.54, 1.807) is 23.3 Å². The van der Waals surface area contributed by atoms with Crippen molar-refractivity contribution in [3.8, 4) is 17.6 Å². The molecule has 1 aliphatic rings. The number of nitriles is 1. The first kappa shape index (κ1) is 25.9. The van der Waals surface area contributed by atoms with E-state index >= 15 is 0 Å². The van der Waals surface area contributed by atoms with Crippen LogP contribution in [0.25, 0.3) is 6.08 Å². The molecule has 1 saturated heterocycles. The molecule has 0 aliphatic carbocycles. The number of carbonyl (C=O) groups excluding carboxylic acids is 1. The molecule has 0 unspecified atom stereocenters. The smallest absolute Gasteiger partial charge is 0.267 e. The maximum absolute atomic E-state index is 13.5. The second-order valence-electron chi connectivity index (χ2n) is 8.51. The number of aliphatic imine (C=N–C) groups is 1. The molecule has 194 valence electrons. The molecule has 1 amide bonds. The fourth-order valence-electron chi connectivity index (χ4n) is 3.97. The SMILES string of the molecule is CCOc1cc(C=C2SC(=Nc3ccccc3)N(Cc3ccco3)C2=O)ccc1OCc1ccccc1C#N. The summed E-state index contributed by atoms with van der Waals surface area (Å²) >= 11 is 1.32. The number of benzene rings is 3. The van der Waals surface area contributed by atoms with Crippen molar-refractivity contribution in [3.05, 3.63) is 119 Å². The summed E-state index contributed by atoms with van der Waals surface area (Å²) in [7, 11) is 0. The molecule has 0 bridgehead atoms. The second kappa shape index (κ2) is 12.2. The number of para-hydroxylation sites is 1. The van der Waals surface area contributed by atoms with Gasteiger partial charge in [-0.15, -0.1) is 0 Å². The normalized spacial score (nSPS) is 15.1. The molecule has 1 aromatic heterocycles. The van der Waals surface area contributed by atoms with Crippen LogP contribution in [0.15, 0.2) is 106 Å². The van der Waals surface area contributed by atoms with Gasteiger partial charge in [0.2, 0.25) is 0 Å². The standard InChI is InChI=1S/C31H25N3O4S/c1-2-36-28-17-22(14-15-27(28)38-21-24-10-7-6-9-23(24)19-32)18-29-30(35)34(20-26-13-8-16-37-26)31(39-29)33-25-11-4-3-5-12-25/h3-18H,2,20-21H2,1H3. The highest BCUT2D eigenvalue weighted by Crippen LogP contribution is 2.37. The number of rotatable bonds is 9. The zero-order valence-electron chi connectivity index (χ0n) is 21.2. The summed E-state index contributed by atoms with van der Waals surface area (Å²) in [6, 6.07) is 28.2. The van der Waals surface area contributed by atoms with Gasteiger partial charge in [-0.05, 0) is 72.8 Å². The van der Waals surface area contributed by atoms with E-state index in [-0.39, 0.29) is 19.1 Å². The van der Waals surface area contributed by atoms with Crippen LogP contribution in [0.3, 0.4) is 0 Å². The number of nitrogens with zero attached hydrogens (tertiary/aromatic N) is 3. The number of amides is 1. The van der Waals surface area contributed by atoms with Gasteiger partial charge >= 0.3 is 0 Å². The van der Waals surface area contributed by atoms with Crippen LogP contribution in [-0.2, 0) is 17.9 Å². The molecule has 7 nitrogen and oxygen atoms in total. The molecule has 0 saturated carbocycles. The van der Waals surface area contributed by atoms with Gasteiger partial charge in [0.1, 0.15) is 12.4 Å². The van der Waals surface area contributed by atoms with Gasteiger partial charge in [0.05, 0.1) is 41.6 Å². The lowest BCUT2D eigenvalue weighted by Crippen LogP contribution is -2.28. The van der Waals surface area contributed by atoms with E-state index < -0.39 is 0 Å². The maximum atomic E-state index is 13.5. The molecule has 4 aromatic rings. The Bertz CT molecular complexity index is 1560. The summed E-state index contributed by atoms with van der Waals surface area (Å²) < 4.78 is 17.4. The van der Waals surface area contributed by atoms with Crippen LogP contribution in [0.1, 0.15) is 29.4 Å². The van der Waals surface area contributed by atoms with E-state index in [1.165, 1.54) is 11.8 Å². The van der Waals surface area contributed by atoms with Gasteiger partial charge in [0.25, 0.3) is 5.91 Å². The molecular formula is C31H25N3O4S. The molecule has 0 radical (unpaired) electrons. The van der Waals surface area contributed by atoms with Crippen LogP contribution < -0.4 is 9.47 Å². The fourth-order valence-corrected chi connectivity index (χ4v) is 4.96. The first-order valence-electron chi connectivity index (χ1n) is 12.4. The predicted octanol–water partition coefficient (Wildman–Crippen LogP) is 6.93. The molecule has 0 atom stereocenters. The van der Waals surface area contributed by atoms with Gasteiger partial charge < -0.3 is 13.9 Å². The quantitative estimate of drug-likeness (QED) is 0.216. The lowest BCUT2D eigenvalue weighted by Gasteiger charge is -2.14. The van der Waals surface area contributed by atoms with E-state index in [1.807, 2.05) is 85.8 Å². The van der Waals surface area contributed by atoms with Gasteiger partial charge in [-0.3, -0.25) is 9.69 Å². The molecule has 5 rings (SSSR count). The number of hydrogen-bond acceptors (Lipinski definition) is 7. The first-order chi connectivity index (χ1) is 19.1. The Morgan fingerprint density at radius 3 is 2.59 bits per heavy atom. The lowest BCUT2D eigenvalue weighted by atomic mass is 10.1. The van der Waals surface area contributed by atoms with Gasteiger partial charge in [-0.25, -0.2) is 4.99 Å². The van der Waals surface area contributed by atoms with Crippen molar-refractivity contribution < 1.29 is 18.7 Å². The molecular weight excluding hydrogens is 510 g/mol. The Morgan fingerprint density at radius 2 is 1.82 bits per heavy atom. The van der Waals surface area contributed by atoms with Gasteiger partial charge in [0, 0.05) is 5.56 Å². The second-order valence-corrected chi connectivity index (χ2v) is 9.52. The average molecular weight is 536 g/mol. The molecule has 3 aromatic carbocycles. The van der Waals surface area contributed by atoms with Gasteiger partial charge in [-0.1, -0.05) is 42.5 Å². The van der Waals surface area contributed by atoms with Crippen LogP contribution in [0.5, 0.6) is 11.5 Å². The summed E-state index contributed by atoms with van der Waals surface area (Å²) in [6.45, 7) is 2.86. The summed E-state index contributed by atoms with van der Waals surface area (Å²) in [5.41, 5.74) is 2.92. The minimum Gasteiger partial charge on any atom is -0.490 e. The third kappa shape index (κ3) is 6.22. The first-order valence-corrected chi connectivity index (χ1v) is 13.2. The molecule has 8 heteroatoms. The lowest BCUT2D eigenvalue weighted by molar-refractivity contribution is -0.122. The molecule has 1 aliphatic heterocycles. The van der Waals surface area contributed by atoms with Crippen LogP contribution >= 0.6 is 11.8 Å². The number of furan rings is 1. The molecule has 0 N–H and O–H groups in total. The Balaban J connectivity index is 1.41. The summed E-state index contributed by atoms with van der Waals surface area (Å²) in [6.07, 6.45) is 3.42. The van der Waals surface area contributed by atoms with Crippen molar-refractivity contribution in [3.63, 3.8) is 0 Å². The molecule has 2 heterocycles. The van der Waals surface area contributed by atoms with E-state index in [4.69, 9.17) is 18.9 Å². The van der Waals surface area contributed by atoms with E-state index in [2.05, 4.69) is 6.07 Å². The largest absolute Gasteiger partial charge is 0.490 e. The van der Waals surface area contributed by atoms with Gasteiger partial charge in [0.15, 0.2) is 16.7 Å². The zero-order valence-corrected chi connectivity index (χ0v) is 22.1. The summed E-state index contributed by atoms with van der Waals surface area (Å²) in [4.78, 5) is 20.3. The van der Waals surface area contributed by atoms with E-state index in [0.717, 1.165) is 16.8 Å². The predicted molar refractivity (Wildman–Crippen MR) is 151 cm³/mol. The van der Waals surface area contributed by atoms with Crippen LogP contribution in [-0.4, -0.2) is 22.6 Å². The van der Waals surface area contributed by atoms with Crippen LogP contribution in [0.2, 0.25) is 0 Å². The van der Waals surface area contributed by atoms with Crippen molar-refractivity contribution in [1.82, 2.24) is 4.90 Å². The number of thioether (sulfide) groups is 1. The minimum atomic E-state index is -0.155. The number of carbonyl (C=O) groups is 1. The zero-order chi connectivity index (χ0) is 27.0. The Hall–Kier alpha value is -4.74. The number of hydrogen-bond donors (Lipinski definition) is 0. The molecule has 0 spiro atoms. The highest BCUT2D eigenvalue weighted by atomic mass is 32.2. The maximum Gasteiger partial charge on any atom is 0.267 e. The fraction of sp³-hybridized carbons (Fsp3) is 0.129. The minimum absolute atomic E-state index is 0.155. The van der Waals surface area contributed by atoms with Crippen LogP contribution in [0, 0.1) is 11.3 Å². The highest BCUT2D eigenvalue weighted by Gasteiger charge is 2.34. The van der Waals surface area contributed by atoms with Crippen LogP contribution in [0.4, 0.5) is 5.69 Å². The van der Waals surface area contributed by atoms with Crippen molar-refractivity contribution in [2.75, 3.05) is 6.61 Å². The number of ether oxygens (including phenoxy) is 2. The monoisotopic (exact) mass is 535 g/mol. The Labute approximate surface area is 231 Å². The third-order valence-corrected chi connectivity index (χ3v) is 6.86. The molecule has 39 heavy (non-hydrogen) atoms. The van der Waals surface area contributed by atoms with Crippen molar-refractivity contribution in [2.45, 2.75) is 20.1 Å². The van der Waals surface area contributed by atoms with Crippen molar-refractivity contribution >= 4 is 34.6 Å². The topological polar surface area (TPSA) is 88.1 Å². The molecule has 1 fully saturated rings. The Morgan fingerprint density at radius 1 is 1.00 bits per heavy atom.